The van der Waals surface area contributed by atoms with Gasteiger partial charge in [-0.05, 0) is 30.4 Å². The zero-order valence-corrected chi connectivity index (χ0v) is 13.0. The Kier molecular flexibility index (Phi) is 4.38. The molecule has 0 radical (unpaired) electrons. The monoisotopic (exact) mass is 329 g/mol. The maximum Gasteiger partial charge on any atom is 0.307 e. The van der Waals surface area contributed by atoms with Gasteiger partial charge < -0.3 is 15.1 Å². The van der Waals surface area contributed by atoms with Gasteiger partial charge in [0.15, 0.2) is 0 Å². The van der Waals surface area contributed by atoms with Crippen molar-refractivity contribution in [1.82, 2.24) is 0 Å². The fourth-order valence-electron chi connectivity index (χ4n) is 3.86. The molecule has 2 aliphatic rings. The lowest BCUT2D eigenvalue weighted by molar-refractivity contribution is -0.147. The van der Waals surface area contributed by atoms with Crippen LogP contribution in [0.15, 0.2) is 42.5 Å². The van der Waals surface area contributed by atoms with Crippen molar-refractivity contribution >= 4 is 23.5 Å². The highest BCUT2D eigenvalue weighted by atomic mass is 16.4. The van der Waals surface area contributed by atoms with E-state index in [2.05, 4.69) is 0 Å². The third-order valence-corrected chi connectivity index (χ3v) is 4.91. The molecular weight excluding hydrogens is 310 g/mol. The SMILES string of the molecule is O=C(O)CCN(C(=O)[C@H]1[C@@H](C(=O)O)[C@H]2C=C[C@@H]1C2)c1ccccc1. The average molecular weight is 329 g/mol. The fourth-order valence-corrected chi connectivity index (χ4v) is 3.86. The molecule has 126 valence electrons. The molecular formula is C18H19NO5. The molecule has 2 N–H and O–H groups in total. The lowest BCUT2D eigenvalue weighted by atomic mass is 9.82. The number of amides is 1. The van der Waals surface area contributed by atoms with Crippen LogP contribution in [0.25, 0.3) is 0 Å². The van der Waals surface area contributed by atoms with Gasteiger partial charge in [0, 0.05) is 12.2 Å². The van der Waals surface area contributed by atoms with Crippen LogP contribution >= 0.6 is 0 Å². The Balaban J connectivity index is 1.89. The van der Waals surface area contributed by atoms with E-state index in [0.717, 1.165) is 0 Å². The van der Waals surface area contributed by atoms with Crippen LogP contribution in [0.5, 0.6) is 0 Å². The van der Waals surface area contributed by atoms with Crippen molar-refractivity contribution in [2.45, 2.75) is 12.8 Å². The van der Waals surface area contributed by atoms with Crippen LogP contribution in [0.2, 0.25) is 0 Å². The molecule has 6 nitrogen and oxygen atoms in total. The Bertz CT molecular complexity index is 684. The molecule has 0 saturated heterocycles. The van der Waals surface area contributed by atoms with Crippen molar-refractivity contribution in [3.8, 4) is 0 Å². The first-order chi connectivity index (χ1) is 11.5. The van der Waals surface area contributed by atoms with Gasteiger partial charge in [0.05, 0.1) is 18.3 Å². The summed E-state index contributed by atoms with van der Waals surface area (Å²) in [5.41, 5.74) is 0.597. The van der Waals surface area contributed by atoms with E-state index in [4.69, 9.17) is 5.11 Å². The summed E-state index contributed by atoms with van der Waals surface area (Å²) in [6.07, 6.45) is 4.30. The van der Waals surface area contributed by atoms with E-state index in [1.807, 2.05) is 18.2 Å². The predicted octanol–water partition coefficient (Wildman–Crippen LogP) is 2.02. The number of rotatable bonds is 6. The standard InChI is InChI=1S/C18H19NO5/c20-14(21)8-9-19(13-4-2-1-3-5-13)17(22)15-11-6-7-12(10-11)16(15)18(23)24/h1-7,11-12,15-16H,8-10H2,(H,20,21)(H,23,24)/t11-,12+,15-,16+/m1/s1. The number of aliphatic carboxylic acids is 2. The summed E-state index contributed by atoms with van der Waals surface area (Å²) in [6.45, 7) is 0.0299. The fraction of sp³-hybridized carbons (Fsp3) is 0.389. The highest BCUT2D eigenvalue weighted by Gasteiger charge is 2.52. The second-order valence-corrected chi connectivity index (χ2v) is 6.31. The van der Waals surface area contributed by atoms with Crippen molar-refractivity contribution in [3.05, 3.63) is 42.5 Å². The quantitative estimate of drug-likeness (QED) is 0.779. The molecule has 0 heterocycles. The van der Waals surface area contributed by atoms with E-state index in [0.29, 0.717) is 12.1 Å². The van der Waals surface area contributed by atoms with E-state index in [1.165, 1.54) is 4.90 Å². The van der Waals surface area contributed by atoms with Gasteiger partial charge in [-0.2, -0.15) is 0 Å². The highest BCUT2D eigenvalue weighted by molar-refractivity contribution is 5.98. The first-order valence-corrected chi connectivity index (χ1v) is 7.98. The van der Waals surface area contributed by atoms with E-state index in [-0.39, 0.29) is 30.7 Å². The number of hydrogen-bond donors (Lipinski definition) is 2. The minimum atomic E-state index is -0.994. The molecule has 1 saturated carbocycles. The average Bonchev–Trinajstić information content (AvgIpc) is 3.16. The summed E-state index contributed by atoms with van der Waals surface area (Å²) in [7, 11) is 0. The van der Waals surface area contributed by atoms with Gasteiger partial charge in [-0.1, -0.05) is 30.4 Å². The Morgan fingerprint density at radius 2 is 1.62 bits per heavy atom. The number of hydrogen-bond acceptors (Lipinski definition) is 3. The van der Waals surface area contributed by atoms with Gasteiger partial charge in [-0.3, -0.25) is 14.4 Å². The summed E-state index contributed by atoms with van der Waals surface area (Å²) < 4.78 is 0. The van der Waals surface area contributed by atoms with E-state index in [9.17, 15) is 19.5 Å². The molecule has 0 aromatic heterocycles. The normalized spacial score (nSPS) is 27.2. The maximum atomic E-state index is 13.1. The van der Waals surface area contributed by atoms with Gasteiger partial charge in [0.2, 0.25) is 5.91 Å². The minimum Gasteiger partial charge on any atom is -0.481 e. The Morgan fingerprint density at radius 1 is 1.00 bits per heavy atom. The van der Waals surface area contributed by atoms with Crippen LogP contribution in [0.4, 0.5) is 5.69 Å². The molecule has 0 unspecified atom stereocenters. The van der Waals surface area contributed by atoms with Gasteiger partial charge in [-0.15, -0.1) is 0 Å². The number of carbonyl (C=O) groups excluding carboxylic acids is 1. The zero-order chi connectivity index (χ0) is 17.3. The lowest BCUT2D eigenvalue weighted by Gasteiger charge is -2.30. The van der Waals surface area contributed by atoms with Crippen molar-refractivity contribution in [2.75, 3.05) is 11.4 Å². The molecule has 2 bridgehead atoms. The van der Waals surface area contributed by atoms with Crippen molar-refractivity contribution < 1.29 is 24.6 Å². The molecule has 1 aromatic carbocycles. The van der Waals surface area contributed by atoms with Crippen LogP contribution in [-0.2, 0) is 14.4 Å². The molecule has 0 spiro atoms. The number of benzene rings is 1. The van der Waals surface area contributed by atoms with Gasteiger partial charge in [0.25, 0.3) is 0 Å². The number of anilines is 1. The van der Waals surface area contributed by atoms with Gasteiger partial charge in [0.1, 0.15) is 0 Å². The third kappa shape index (κ3) is 2.91. The summed E-state index contributed by atoms with van der Waals surface area (Å²) >= 11 is 0. The lowest BCUT2D eigenvalue weighted by Crippen LogP contribution is -2.44. The third-order valence-electron chi connectivity index (χ3n) is 4.91. The summed E-state index contributed by atoms with van der Waals surface area (Å²) in [4.78, 5) is 37.1. The summed E-state index contributed by atoms with van der Waals surface area (Å²) in [5, 5.41) is 18.5. The number of carbonyl (C=O) groups is 3. The number of carboxylic acids is 2. The minimum absolute atomic E-state index is 0.0299. The zero-order valence-electron chi connectivity index (χ0n) is 13.0. The van der Waals surface area contributed by atoms with Gasteiger partial charge >= 0.3 is 11.9 Å². The second kappa shape index (κ2) is 6.47. The van der Waals surface area contributed by atoms with Crippen molar-refractivity contribution in [3.63, 3.8) is 0 Å². The van der Waals surface area contributed by atoms with Crippen molar-refractivity contribution in [2.24, 2.45) is 23.7 Å². The van der Waals surface area contributed by atoms with Crippen LogP contribution < -0.4 is 4.90 Å². The Hall–Kier alpha value is -2.63. The second-order valence-electron chi connectivity index (χ2n) is 6.31. The molecule has 1 amide bonds. The molecule has 2 aliphatic carbocycles. The molecule has 3 rings (SSSR count). The van der Waals surface area contributed by atoms with Gasteiger partial charge in [-0.25, -0.2) is 0 Å². The molecule has 1 aromatic rings. The Morgan fingerprint density at radius 3 is 2.21 bits per heavy atom. The van der Waals surface area contributed by atoms with Crippen molar-refractivity contribution in [1.29, 1.82) is 0 Å². The van der Waals surface area contributed by atoms with E-state index in [1.54, 1.807) is 24.3 Å². The first-order valence-electron chi connectivity index (χ1n) is 7.98. The topological polar surface area (TPSA) is 94.9 Å². The van der Waals surface area contributed by atoms with Crippen LogP contribution in [0, 0.1) is 23.7 Å². The highest BCUT2D eigenvalue weighted by Crippen LogP contribution is 2.49. The van der Waals surface area contributed by atoms with Crippen LogP contribution in [0.1, 0.15) is 12.8 Å². The number of allylic oxidation sites excluding steroid dienone is 2. The molecule has 24 heavy (non-hydrogen) atoms. The first kappa shape index (κ1) is 16.2. The summed E-state index contributed by atoms with van der Waals surface area (Å²) in [6, 6.07) is 8.82. The van der Waals surface area contributed by atoms with E-state index < -0.39 is 23.8 Å². The molecule has 6 heteroatoms. The smallest absolute Gasteiger partial charge is 0.307 e. The largest absolute Gasteiger partial charge is 0.481 e. The maximum absolute atomic E-state index is 13.1. The number of fused-ring (bicyclic) bond motifs is 2. The molecule has 0 aliphatic heterocycles. The number of carboxylic acid groups (broad SMARTS) is 2. The number of para-hydroxylation sites is 1. The van der Waals surface area contributed by atoms with Crippen LogP contribution in [0.3, 0.4) is 0 Å². The number of nitrogens with zero attached hydrogens (tertiary/aromatic N) is 1. The summed E-state index contributed by atoms with van der Waals surface area (Å²) in [5.74, 6) is -3.82. The van der Waals surface area contributed by atoms with E-state index >= 15 is 0 Å². The molecule has 1 fully saturated rings. The predicted molar refractivity (Wildman–Crippen MR) is 86.4 cm³/mol. The molecule has 4 atom stereocenters. The van der Waals surface area contributed by atoms with Crippen LogP contribution in [-0.4, -0.2) is 34.6 Å². The Labute approximate surface area is 139 Å².